The summed E-state index contributed by atoms with van der Waals surface area (Å²) >= 11 is 0. The molecule has 5 nitrogen and oxygen atoms in total. The fourth-order valence-electron chi connectivity index (χ4n) is 1.81. The fraction of sp³-hybridized carbons (Fsp3) is 0.385. The third-order valence-corrected chi connectivity index (χ3v) is 2.85. The molecule has 1 amide bonds. The molecule has 5 heteroatoms. The van der Waals surface area contributed by atoms with Gasteiger partial charge in [-0.05, 0) is 18.2 Å². The number of nitrogens with zero attached hydrogens (tertiary/aromatic N) is 1. The number of rotatable bonds is 5. The molecular formula is C13H17N3O2. The van der Waals surface area contributed by atoms with Crippen LogP contribution in [0.25, 0.3) is 10.9 Å². The average Bonchev–Trinajstić information content (AvgIpc) is 2.81. The molecule has 0 aliphatic rings. The highest BCUT2D eigenvalue weighted by Gasteiger charge is 2.07. The Morgan fingerprint density at radius 2 is 2.33 bits per heavy atom. The zero-order chi connectivity index (χ0) is 13.0. The van der Waals surface area contributed by atoms with Gasteiger partial charge < -0.3 is 10.1 Å². The molecule has 0 unspecified atom stereocenters. The van der Waals surface area contributed by atoms with Gasteiger partial charge in [0.15, 0.2) is 0 Å². The summed E-state index contributed by atoms with van der Waals surface area (Å²) in [5, 5.41) is 11.1. The maximum absolute atomic E-state index is 11.1. The van der Waals surface area contributed by atoms with Gasteiger partial charge in [0.25, 0.3) is 0 Å². The zero-order valence-electron chi connectivity index (χ0n) is 10.6. The van der Waals surface area contributed by atoms with E-state index in [0.29, 0.717) is 19.4 Å². The van der Waals surface area contributed by atoms with Crippen molar-refractivity contribution in [1.82, 2.24) is 15.5 Å². The van der Waals surface area contributed by atoms with Gasteiger partial charge >= 0.3 is 0 Å². The minimum Gasteiger partial charge on any atom is -0.497 e. The van der Waals surface area contributed by atoms with Crippen molar-refractivity contribution in [3.63, 3.8) is 0 Å². The van der Waals surface area contributed by atoms with Crippen LogP contribution in [0, 0.1) is 0 Å². The van der Waals surface area contributed by atoms with E-state index in [0.717, 1.165) is 22.3 Å². The van der Waals surface area contributed by atoms with Gasteiger partial charge in [0, 0.05) is 24.8 Å². The minimum absolute atomic E-state index is 0.0624. The standard InChI is InChI=1S/C13H17N3O2/c1-3-13(17)14-7-6-12-10-8-9(18-2)4-5-11(10)15-16-12/h4-5,8H,3,6-7H2,1-2H3,(H,14,17)(H,15,16). The number of carbonyl (C=O) groups excluding carboxylic acids is 1. The Hall–Kier alpha value is -2.04. The quantitative estimate of drug-likeness (QED) is 0.844. The lowest BCUT2D eigenvalue weighted by Gasteiger charge is -2.02. The summed E-state index contributed by atoms with van der Waals surface area (Å²) in [6.45, 7) is 2.44. The fourth-order valence-corrected chi connectivity index (χ4v) is 1.81. The van der Waals surface area contributed by atoms with E-state index >= 15 is 0 Å². The molecule has 1 aromatic heterocycles. The second-order valence-electron chi connectivity index (χ2n) is 4.04. The summed E-state index contributed by atoms with van der Waals surface area (Å²) in [4.78, 5) is 11.1. The maximum atomic E-state index is 11.1. The van der Waals surface area contributed by atoms with Gasteiger partial charge in [-0.25, -0.2) is 0 Å². The molecule has 0 saturated heterocycles. The predicted octanol–water partition coefficient (Wildman–Crippen LogP) is 1.64. The predicted molar refractivity (Wildman–Crippen MR) is 69.7 cm³/mol. The topological polar surface area (TPSA) is 67.0 Å². The maximum Gasteiger partial charge on any atom is 0.219 e. The van der Waals surface area contributed by atoms with Crippen LogP contribution in [-0.4, -0.2) is 29.8 Å². The van der Waals surface area contributed by atoms with Gasteiger partial charge in [-0.2, -0.15) is 5.10 Å². The molecule has 0 saturated carbocycles. The van der Waals surface area contributed by atoms with Crippen molar-refractivity contribution in [1.29, 1.82) is 0 Å². The van der Waals surface area contributed by atoms with Crippen LogP contribution in [0.2, 0.25) is 0 Å². The SMILES string of the molecule is CCC(=O)NCCc1n[nH]c2ccc(OC)cc12. The van der Waals surface area contributed by atoms with Crippen LogP contribution in [0.3, 0.4) is 0 Å². The summed E-state index contributed by atoms with van der Waals surface area (Å²) in [5.74, 6) is 0.871. The van der Waals surface area contributed by atoms with E-state index in [-0.39, 0.29) is 5.91 Å². The Morgan fingerprint density at radius 1 is 1.50 bits per heavy atom. The Morgan fingerprint density at radius 3 is 3.06 bits per heavy atom. The number of amides is 1. The number of H-pyrrole nitrogens is 1. The van der Waals surface area contributed by atoms with Crippen LogP contribution < -0.4 is 10.1 Å². The average molecular weight is 247 g/mol. The lowest BCUT2D eigenvalue weighted by Crippen LogP contribution is -2.24. The molecule has 0 aliphatic heterocycles. The monoisotopic (exact) mass is 247 g/mol. The Kier molecular flexibility index (Phi) is 3.82. The number of carbonyl (C=O) groups is 1. The third-order valence-electron chi connectivity index (χ3n) is 2.85. The summed E-state index contributed by atoms with van der Waals surface area (Å²) in [5.41, 5.74) is 1.92. The number of ether oxygens (including phenoxy) is 1. The van der Waals surface area contributed by atoms with Crippen molar-refractivity contribution in [2.45, 2.75) is 19.8 Å². The summed E-state index contributed by atoms with van der Waals surface area (Å²) in [6.07, 6.45) is 1.22. The number of aromatic amines is 1. The number of methoxy groups -OCH3 is 1. The number of aromatic nitrogens is 2. The van der Waals surface area contributed by atoms with E-state index in [1.165, 1.54) is 0 Å². The van der Waals surface area contributed by atoms with Gasteiger partial charge in [-0.1, -0.05) is 6.92 Å². The number of nitrogens with one attached hydrogen (secondary N) is 2. The van der Waals surface area contributed by atoms with Crippen LogP contribution >= 0.6 is 0 Å². The second-order valence-corrected chi connectivity index (χ2v) is 4.04. The Bertz CT molecular complexity index is 548. The van der Waals surface area contributed by atoms with Crippen LogP contribution in [0.5, 0.6) is 5.75 Å². The van der Waals surface area contributed by atoms with Crippen LogP contribution in [0.15, 0.2) is 18.2 Å². The normalized spacial score (nSPS) is 10.6. The van der Waals surface area contributed by atoms with E-state index < -0.39 is 0 Å². The molecule has 2 N–H and O–H groups in total. The van der Waals surface area contributed by atoms with Crippen molar-refractivity contribution in [3.8, 4) is 5.75 Å². The van der Waals surface area contributed by atoms with Crippen molar-refractivity contribution in [3.05, 3.63) is 23.9 Å². The highest BCUT2D eigenvalue weighted by atomic mass is 16.5. The van der Waals surface area contributed by atoms with Crippen molar-refractivity contribution >= 4 is 16.8 Å². The van der Waals surface area contributed by atoms with Gasteiger partial charge in [0.05, 0.1) is 18.3 Å². The molecule has 0 spiro atoms. The first-order valence-electron chi connectivity index (χ1n) is 6.02. The molecule has 0 bridgehead atoms. The molecule has 0 aliphatic carbocycles. The van der Waals surface area contributed by atoms with E-state index in [2.05, 4.69) is 15.5 Å². The summed E-state index contributed by atoms with van der Waals surface area (Å²) in [7, 11) is 1.64. The van der Waals surface area contributed by atoms with E-state index in [1.54, 1.807) is 7.11 Å². The molecule has 1 heterocycles. The highest BCUT2D eigenvalue weighted by Crippen LogP contribution is 2.21. The van der Waals surface area contributed by atoms with Crippen LogP contribution in [0.4, 0.5) is 0 Å². The summed E-state index contributed by atoms with van der Waals surface area (Å²) in [6, 6.07) is 5.79. The van der Waals surface area contributed by atoms with Crippen LogP contribution in [-0.2, 0) is 11.2 Å². The van der Waals surface area contributed by atoms with Crippen molar-refractivity contribution < 1.29 is 9.53 Å². The molecule has 0 fully saturated rings. The molecule has 2 aromatic rings. The third kappa shape index (κ3) is 2.61. The molecule has 18 heavy (non-hydrogen) atoms. The number of hydrogen-bond acceptors (Lipinski definition) is 3. The lowest BCUT2D eigenvalue weighted by molar-refractivity contribution is -0.120. The van der Waals surface area contributed by atoms with Gasteiger partial charge in [-0.15, -0.1) is 0 Å². The van der Waals surface area contributed by atoms with Gasteiger partial charge in [-0.3, -0.25) is 9.89 Å². The first kappa shape index (κ1) is 12.4. The molecule has 0 atom stereocenters. The number of benzene rings is 1. The Balaban J connectivity index is 2.10. The molecule has 2 rings (SSSR count). The molecule has 1 aromatic carbocycles. The minimum atomic E-state index is 0.0624. The molecule has 96 valence electrons. The smallest absolute Gasteiger partial charge is 0.219 e. The number of hydrogen-bond donors (Lipinski definition) is 2. The van der Waals surface area contributed by atoms with E-state index in [1.807, 2.05) is 25.1 Å². The zero-order valence-corrected chi connectivity index (χ0v) is 10.6. The second kappa shape index (κ2) is 5.53. The molecular weight excluding hydrogens is 230 g/mol. The van der Waals surface area contributed by atoms with Crippen molar-refractivity contribution in [2.24, 2.45) is 0 Å². The highest BCUT2D eigenvalue weighted by molar-refractivity contribution is 5.83. The van der Waals surface area contributed by atoms with Gasteiger partial charge in [0.1, 0.15) is 5.75 Å². The van der Waals surface area contributed by atoms with E-state index in [4.69, 9.17) is 4.74 Å². The van der Waals surface area contributed by atoms with Gasteiger partial charge in [0.2, 0.25) is 5.91 Å². The lowest BCUT2D eigenvalue weighted by atomic mass is 10.1. The largest absolute Gasteiger partial charge is 0.497 e. The first-order valence-corrected chi connectivity index (χ1v) is 6.02. The number of fused-ring (bicyclic) bond motifs is 1. The van der Waals surface area contributed by atoms with E-state index in [9.17, 15) is 4.79 Å². The molecule has 0 radical (unpaired) electrons. The van der Waals surface area contributed by atoms with Crippen LogP contribution in [0.1, 0.15) is 19.0 Å². The van der Waals surface area contributed by atoms with Crippen molar-refractivity contribution in [2.75, 3.05) is 13.7 Å². The Labute approximate surface area is 106 Å². The summed E-state index contributed by atoms with van der Waals surface area (Å²) < 4.78 is 5.20. The first-order chi connectivity index (χ1) is 8.74.